The van der Waals surface area contributed by atoms with Gasteiger partial charge in [0.25, 0.3) is 5.91 Å². The minimum atomic E-state index is -3.42. The van der Waals surface area contributed by atoms with Crippen molar-refractivity contribution in [2.45, 2.75) is 50.7 Å². The van der Waals surface area contributed by atoms with Crippen LogP contribution < -0.4 is 4.74 Å². The van der Waals surface area contributed by atoms with Gasteiger partial charge in [-0.25, -0.2) is 4.79 Å². The van der Waals surface area contributed by atoms with Crippen molar-refractivity contribution in [2.75, 3.05) is 13.7 Å². The summed E-state index contributed by atoms with van der Waals surface area (Å²) >= 11 is 1.26. The molecule has 3 rings (SSSR count). The monoisotopic (exact) mass is 493 g/mol. The number of aliphatic hydroxyl groups excluding tert-OH is 1. The second-order valence-corrected chi connectivity index (χ2v) is 9.53. The number of nitrogens with zero attached hydrogens (tertiary/aromatic N) is 1. The Balaban J connectivity index is 1.56. The molecule has 1 aliphatic heterocycles. The minimum absolute atomic E-state index is 0.107. The number of hydrogen-bond donors (Lipinski definition) is 1. The van der Waals surface area contributed by atoms with E-state index in [9.17, 15) is 23.5 Å². The van der Waals surface area contributed by atoms with Crippen LogP contribution in [-0.2, 0) is 22.4 Å². The van der Waals surface area contributed by atoms with Crippen molar-refractivity contribution in [3.8, 4) is 5.06 Å². The van der Waals surface area contributed by atoms with Gasteiger partial charge in [-0.05, 0) is 42.9 Å². The van der Waals surface area contributed by atoms with Gasteiger partial charge in [-0.15, -0.1) is 11.3 Å². The maximum atomic E-state index is 14.2. The van der Waals surface area contributed by atoms with E-state index in [0.717, 1.165) is 10.4 Å². The number of carbonyl (C=O) groups is 2. The van der Waals surface area contributed by atoms with E-state index >= 15 is 0 Å². The van der Waals surface area contributed by atoms with Crippen molar-refractivity contribution in [1.29, 1.82) is 0 Å². The lowest BCUT2D eigenvalue weighted by Gasteiger charge is -2.22. The molecule has 0 unspecified atom stereocenters. The number of aliphatic hydroxyl groups is 1. The smallest absolute Gasteiger partial charge is 0.437 e. The van der Waals surface area contributed by atoms with Crippen LogP contribution in [0.3, 0.4) is 0 Å². The second kappa shape index (κ2) is 11.6. The Hall–Kier alpha value is -2.78. The van der Waals surface area contributed by atoms with Crippen LogP contribution in [0, 0.1) is 5.92 Å². The highest BCUT2D eigenvalue weighted by molar-refractivity contribution is 7.13. The number of halogens is 2. The number of ether oxygens (including phenoxy) is 2. The van der Waals surface area contributed by atoms with Crippen LogP contribution in [0.1, 0.15) is 30.2 Å². The van der Waals surface area contributed by atoms with Crippen LogP contribution in [0.2, 0.25) is 0 Å². The summed E-state index contributed by atoms with van der Waals surface area (Å²) in [6, 6.07) is 12.4. The average Bonchev–Trinajstić information content (AvgIpc) is 3.34. The Morgan fingerprint density at radius 1 is 1.29 bits per heavy atom. The fraction of sp³-hybridized carbons (Fsp3) is 0.440. The van der Waals surface area contributed by atoms with Gasteiger partial charge in [-0.3, -0.25) is 4.79 Å². The predicted molar refractivity (Wildman–Crippen MR) is 125 cm³/mol. The third kappa shape index (κ3) is 6.87. The van der Waals surface area contributed by atoms with E-state index in [2.05, 4.69) is 4.74 Å². The molecular formula is C25H29F2NO5S. The normalized spacial score (nSPS) is 19.4. The first-order chi connectivity index (χ1) is 16.2. The van der Waals surface area contributed by atoms with Crippen molar-refractivity contribution < 1.29 is 33.0 Å². The summed E-state index contributed by atoms with van der Waals surface area (Å²) in [5, 5.41) is 10.9. The molecule has 184 valence electrons. The molecule has 1 amide bonds. The van der Waals surface area contributed by atoms with Gasteiger partial charge >= 0.3 is 12.1 Å². The number of amides is 1. The molecule has 1 fully saturated rings. The van der Waals surface area contributed by atoms with Crippen LogP contribution in [0.4, 0.5) is 13.6 Å². The van der Waals surface area contributed by atoms with Crippen LogP contribution in [0.5, 0.6) is 5.06 Å². The SMILES string of the molecule is COC(=O)Oc1ccc(CCCN2C(=O)C(F)(F)C[C@@H]2/C=C/[C@@H](O)[C@H](C)Cc2ccccc2)s1. The van der Waals surface area contributed by atoms with E-state index in [0.29, 0.717) is 24.3 Å². The van der Waals surface area contributed by atoms with Gasteiger partial charge in [0, 0.05) is 17.8 Å². The summed E-state index contributed by atoms with van der Waals surface area (Å²) in [6.07, 6.45) is 2.48. The van der Waals surface area contributed by atoms with Crippen molar-refractivity contribution in [3.63, 3.8) is 0 Å². The minimum Gasteiger partial charge on any atom is -0.437 e. The molecular weight excluding hydrogens is 464 g/mol. The van der Waals surface area contributed by atoms with Crippen molar-refractivity contribution >= 4 is 23.4 Å². The Labute approximate surface area is 201 Å². The second-order valence-electron chi connectivity index (χ2n) is 8.40. The summed E-state index contributed by atoms with van der Waals surface area (Å²) in [4.78, 5) is 25.5. The number of methoxy groups -OCH3 is 1. The maximum absolute atomic E-state index is 14.2. The van der Waals surface area contributed by atoms with E-state index in [-0.39, 0.29) is 12.5 Å². The molecule has 2 aromatic rings. The third-order valence-corrected chi connectivity index (χ3v) is 6.79. The summed E-state index contributed by atoms with van der Waals surface area (Å²) in [7, 11) is 1.22. The summed E-state index contributed by atoms with van der Waals surface area (Å²) in [6.45, 7) is 2.05. The number of aryl methyl sites for hydroxylation is 1. The topological polar surface area (TPSA) is 76.1 Å². The molecule has 1 aromatic heterocycles. The number of hydrogen-bond acceptors (Lipinski definition) is 6. The quantitative estimate of drug-likeness (QED) is 0.378. The maximum Gasteiger partial charge on any atom is 0.514 e. The summed E-state index contributed by atoms with van der Waals surface area (Å²) in [5.74, 6) is -4.71. The first-order valence-corrected chi connectivity index (χ1v) is 11.9. The largest absolute Gasteiger partial charge is 0.514 e. The fourth-order valence-corrected chi connectivity index (χ4v) is 4.78. The molecule has 1 N–H and O–H groups in total. The van der Waals surface area contributed by atoms with E-state index < -0.39 is 36.6 Å². The van der Waals surface area contributed by atoms with Gasteiger partial charge in [-0.1, -0.05) is 49.4 Å². The van der Waals surface area contributed by atoms with E-state index in [1.54, 1.807) is 12.1 Å². The van der Waals surface area contributed by atoms with Crippen LogP contribution >= 0.6 is 11.3 Å². The lowest BCUT2D eigenvalue weighted by Crippen LogP contribution is -2.37. The number of benzene rings is 1. The highest BCUT2D eigenvalue weighted by Crippen LogP contribution is 2.35. The van der Waals surface area contributed by atoms with E-state index in [1.165, 1.54) is 35.5 Å². The zero-order chi connectivity index (χ0) is 24.7. The first kappa shape index (κ1) is 25.8. The molecule has 34 heavy (non-hydrogen) atoms. The van der Waals surface area contributed by atoms with Gasteiger partial charge in [0.1, 0.15) is 0 Å². The standard InChI is InChI=1S/C25H29F2NO5S/c1-17(15-18-7-4-3-5-8-18)21(29)12-10-19-16-25(26,27)23(30)28(19)14-6-9-20-11-13-22(34-20)33-24(31)32-2/h3-5,7-8,10-13,17,19,21,29H,6,9,14-16H2,1-2H3/b12-10+/t17-,19+,21-/m1/s1. The lowest BCUT2D eigenvalue weighted by molar-refractivity contribution is -0.148. The molecule has 0 saturated carbocycles. The highest BCUT2D eigenvalue weighted by atomic mass is 32.1. The number of rotatable bonds is 10. The number of carbonyl (C=O) groups excluding carboxylic acids is 2. The lowest BCUT2D eigenvalue weighted by atomic mass is 9.95. The molecule has 0 aliphatic carbocycles. The molecule has 0 radical (unpaired) electrons. The van der Waals surface area contributed by atoms with E-state index in [1.807, 2.05) is 37.3 Å². The Kier molecular flexibility index (Phi) is 8.79. The fourth-order valence-electron chi connectivity index (χ4n) is 3.89. The van der Waals surface area contributed by atoms with Gasteiger partial charge in [0.2, 0.25) is 0 Å². The van der Waals surface area contributed by atoms with Gasteiger partial charge in [0.15, 0.2) is 5.06 Å². The molecule has 2 heterocycles. The highest BCUT2D eigenvalue weighted by Gasteiger charge is 2.52. The zero-order valence-corrected chi connectivity index (χ0v) is 20.0. The van der Waals surface area contributed by atoms with Gasteiger partial charge < -0.3 is 19.5 Å². The Morgan fingerprint density at radius 2 is 2.03 bits per heavy atom. The molecule has 3 atom stereocenters. The van der Waals surface area contributed by atoms with Crippen molar-refractivity contribution in [1.82, 2.24) is 4.90 Å². The van der Waals surface area contributed by atoms with E-state index in [4.69, 9.17) is 4.74 Å². The number of likely N-dealkylation sites (tertiary alicyclic amines) is 1. The predicted octanol–water partition coefficient (Wildman–Crippen LogP) is 4.86. The average molecular weight is 494 g/mol. The molecule has 6 nitrogen and oxygen atoms in total. The van der Waals surface area contributed by atoms with Crippen LogP contribution in [0.15, 0.2) is 54.6 Å². The van der Waals surface area contributed by atoms with Gasteiger partial charge in [0.05, 0.1) is 19.3 Å². The Bertz CT molecular complexity index is 994. The molecule has 0 spiro atoms. The van der Waals surface area contributed by atoms with Crippen molar-refractivity contribution in [3.05, 3.63) is 65.1 Å². The first-order valence-electron chi connectivity index (χ1n) is 11.1. The molecule has 1 aromatic carbocycles. The van der Waals surface area contributed by atoms with Crippen molar-refractivity contribution in [2.24, 2.45) is 5.92 Å². The third-order valence-electron chi connectivity index (χ3n) is 5.76. The molecule has 0 bridgehead atoms. The van der Waals surface area contributed by atoms with Crippen LogP contribution in [-0.4, -0.2) is 53.8 Å². The zero-order valence-electron chi connectivity index (χ0n) is 19.2. The Morgan fingerprint density at radius 3 is 2.74 bits per heavy atom. The molecule has 1 aliphatic rings. The summed E-state index contributed by atoms with van der Waals surface area (Å²) in [5.41, 5.74) is 1.08. The van der Waals surface area contributed by atoms with Crippen LogP contribution in [0.25, 0.3) is 0 Å². The number of alkyl halides is 2. The number of thiophene rings is 1. The molecule has 9 heteroatoms. The molecule has 1 saturated heterocycles. The van der Waals surface area contributed by atoms with Gasteiger partial charge in [-0.2, -0.15) is 8.78 Å². The summed E-state index contributed by atoms with van der Waals surface area (Å²) < 4.78 is 37.7.